The van der Waals surface area contributed by atoms with Gasteiger partial charge in [-0.15, -0.1) is 11.8 Å². The van der Waals surface area contributed by atoms with Gasteiger partial charge in [0.15, 0.2) is 0 Å². The standard InChI is InChI=1S/C33H30BrN3O4S/c1-3-41-30-16-10-7-13-24(30)21-29(37-32(39)23-11-5-4-6-12-23)33(40)35-25-17-19-26(20-18-25)42-22(2)31(38)36-28-15-9-8-14-27(28)34/h4-22H,3H2,1-2H3,(H,35,40)(H,36,38)(H,37,39)/b29-21-. The van der Waals surface area contributed by atoms with E-state index < -0.39 is 11.8 Å². The molecule has 7 nitrogen and oxygen atoms in total. The number of hydrogen-bond acceptors (Lipinski definition) is 5. The Morgan fingerprint density at radius 3 is 2.24 bits per heavy atom. The molecule has 1 atom stereocenters. The van der Waals surface area contributed by atoms with Crippen LogP contribution in [0.5, 0.6) is 5.75 Å². The van der Waals surface area contributed by atoms with Crippen LogP contribution in [0.3, 0.4) is 0 Å². The minimum Gasteiger partial charge on any atom is -0.493 e. The smallest absolute Gasteiger partial charge is 0.272 e. The maximum atomic E-state index is 13.4. The molecule has 0 fully saturated rings. The Hall–Kier alpha value is -4.34. The molecule has 1 unspecified atom stereocenters. The van der Waals surface area contributed by atoms with Crippen LogP contribution in [0.25, 0.3) is 6.08 Å². The van der Waals surface area contributed by atoms with Gasteiger partial charge in [-0.2, -0.15) is 0 Å². The maximum absolute atomic E-state index is 13.4. The number of carbonyl (C=O) groups excluding carboxylic acids is 3. The fourth-order valence-corrected chi connectivity index (χ4v) is 5.11. The topological polar surface area (TPSA) is 96.5 Å². The second-order valence-electron chi connectivity index (χ2n) is 9.06. The zero-order chi connectivity index (χ0) is 29.9. The lowest BCUT2D eigenvalue weighted by atomic mass is 10.1. The van der Waals surface area contributed by atoms with Crippen LogP contribution >= 0.6 is 27.7 Å². The van der Waals surface area contributed by atoms with Crippen molar-refractivity contribution in [2.75, 3.05) is 17.2 Å². The Morgan fingerprint density at radius 1 is 0.857 bits per heavy atom. The Bertz CT molecular complexity index is 1580. The second kappa shape index (κ2) is 15.0. The van der Waals surface area contributed by atoms with Crippen molar-refractivity contribution >= 4 is 62.9 Å². The Morgan fingerprint density at radius 2 is 1.52 bits per heavy atom. The van der Waals surface area contributed by atoms with Gasteiger partial charge in [-0.05, 0) is 90.5 Å². The molecule has 0 aromatic heterocycles. The van der Waals surface area contributed by atoms with E-state index in [0.717, 1.165) is 9.37 Å². The molecule has 0 saturated carbocycles. The second-order valence-corrected chi connectivity index (χ2v) is 11.3. The highest BCUT2D eigenvalue weighted by molar-refractivity contribution is 9.10. The Kier molecular flexibility index (Phi) is 11.0. The van der Waals surface area contributed by atoms with E-state index in [-0.39, 0.29) is 16.9 Å². The van der Waals surface area contributed by atoms with Gasteiger partial charge in [0, 0.05) is 26.2 Å². The van der Waals surface area contributed by atoms with Crippen molar-refractivity contribution < 1.29 is 19.1 Å². The molecular formula is C33H30BrN3O4S. The van der Waals surface area contributed by atoms with Gasteiger partial charge < -0.3 is 20.7 Å². The SMILES string of the molecule is CCOc1ccccc1/C=C(\NC(=O)c1ccccc1)C(=O)Nc1ccc(SC(C)C(=O)Nc2ccccc2Br)cc1. The van der Waals surface area contributed by atoms with Crippen LogP contribution < -0.4 is 20.7 Å². The highest BCUT2D eigenvalue weighted by Crippen LogP contribution is 2.28. The third kappa shape index (κ3) is 8.58. The third-order valence-electron chi connectivity index (χ3n) is 5.97. The first-order valence-corrected chi connectivity index (χ1v) is 14.9. The highest BCUT2D eigenvalue weighted by atomic mass is 79.9. The van der Waals surface area contributed by atoms with Gasteiger partial charge in [0.1, 0.15) is 11.4 Å². The average molecular weight is 645 g/mol. The minimum absolute atomic E-state index is 0.0619. The molecule has 3 amide bonds. The van der Waals surface area contributed by atoms with Gasteiger partial charge in [0.05, 0.1) is 17.5 Å². The molecule has 4 rings (SSSR count). The van der Waals surface area contributed by atoms with E-state index >= 15 is 0 Å². The van der Waals surface area contributed by atoms with E-state index in [1.54, 1.807) is 48.5 Å². The number of halogens is 1. The van der Waals surface area contributed by atoms with Crippen molar-refractivity contribution in [2.24, 2.45) is 0 Å². The van der Waals surface area contributed by atoms with Crippen LogP contribution in [-0.4, -0.2) is 29.6 Å². The number of para-hydroxylation sites is 2. The number of carbonyl (C=O) groups is 3. The molecule has 0 aliphatic rings. The van der Waals surface area contributed by atoms with E-state index in [1.807, 2.05) is 74.5 Å². The van der Waals surface area contributed by atoms with Crippen molar-refractivity contribution in [3.8, 4) is 5.75 Å². The fraction of sp³-hybridized carbons (Fsp3) is 0.121. The molecule has 3 N–H and O–H groups in total. The predicted octanol–water partition coefficient (Wildman–Crippen LogP) is 7.38. The molecule has 4 aromatic carbocycles. The quantitative estimate of drug-likeness (QED) is 0.117. The van der Waals surface area contributed by atoms with Crippen molar-refractivity contribution in [1.29, 1.82) is 0 Å². The summed E-state index contributed by atoms with van der Waals surface area (Å²) >= 11 is 4.84. The maximum Gasteiger partial charge on any atom is 0.272 e. The van der Waals surface area contributed by atoms with Crippen molar-refractivity contribution in [3.05, 3.63) is 124 Å². The number of thioether (sulfide) groups is 1. The molecule has 9 heteroatoms. The highest BCUT2D eigenvalue weighted by Gasteiger charge is 2.18. The third-order valence-corrected chi connectivity index (χ3v) is 7.78. The molecule has 0 heterocycles. The minimum atomic E-state index is -0.493. The molecule has 42 heavy (non-hydrogen) atoms. The van der Waals surface area contributed by atoms with Crippen molar-refractivity contribution in [2.45, 2.75) is 24.0 Å². The Labute approximate surface area is 257 Å². The molecule has 4 aromatic rings. The zero-order valence-corrected chi connectivity index (χ0v) is 25.5. The number of ether oxygens (including phenoxy) is 1. The number of rotatable bonds is 11. The van der Waals surface area contributed by atoms with Gasteiger partial charge >= 0.3 is 0 Å². The zero-order valence-electron chi connectivity index (χ0n) is 23.1. The number of benzene rings is 4. The van der Waals surface area contributed by atoms with Gasteiger partial charge in [-0.25, -0.2) is 0 Å². The predicted molar refractivity (Wildman–Crippen MR) is 173 cm³/mol. The number of nitrogens with one attached hydrogen (secondary N) is 3. The molecule has 0 radical (unpaired) electrons. The van der Waals surface area contributed by atoms with Crippen LogP contribution in [0.15, 0.2) is 118 Å². The van der Waals surface area contributed by atoms with E-state index in [9.17, 15) is 14.4 Å². The largest absolute Gasteiger partial charge is 0.493 e. The summed E-state index contributed by atoms with van der Waals surface area (Å²) in [4.78, 5) is 39.9. The molecule has 0 saturated heterocycles. The lowest BCUT2D eigenvalue weighted by molar-refractivity contribution is -0.115. The molecule has 0 spiro atoms. The first kappa shape index (κ1) is 30.6. The summed E-state index contributed by atoms with van der Waals surface area (Å²) in [6, 6.07) is 30.6. The van der Waals surface area contributed by atoms with Gasteiger partial charge in [0.25, 0.3) is 11.8 Å². The summed E-state index contributed by atoms with van der Waals surface area (Å²) in [6.07, 6.45) is 1.59. The lowest BCUT2D eigenvalue weighted by Gasteiger charge is -2.14. The fourth-order valence-electron chi connectivity index (χ4n) is 3.85. The van der Waals surface area contributed by atoms with Gasteiger partial charge in [-0.3, -0.25) is 14.4 Å². The molecule has 214 valence electrons. The number of anilines is 2. The average Bonchev–Trinajstić information content (AvgIpc) is 3.00. The summed E-state index contributed by atoms with van der Waals surface area (Å²) in [5.41, 5.74) is 2.38. The van der Waals surface area contributed by atoms with Crippen LogP contribution in [0.4, 0.5) is 11.4 Å². The lowest BCUT2D eigenvalue weighted by Crippen LogP contribution is -2.30. The Balaban J connectivity index is 1.47. The molecular weight excluding hydrogens is 614 g/mol. The van der Waals surface area contributed by atoms with E-state index in [0.29, 0.717) is 34.9 Å². The molecule has 0 bridgehead atoms. The number of amides is 3. The molecule has 0 aliphatic carbocycles. The summed E-state index contributed by atoms with van der Waals surface area (Å²) in [5, 5.41) is 8.17. The summed E-state index contributed by atoms with van der Waals surface area (Å²) in [6.45, 7) is 4.17. The van der Waals surface area contributed by atoms with Crippen LogP contribution in [-0.2, 0) is 9.59 Å². The van der Waals surface area contributed by atoms with Gasteiger partial charge in [-0.1, -0.05) is 48.5 Å². The van der Waals surface area contributed by atoms with Crippen molar-refractivity contribution in [1.82, 2.24) is 5.32 Å². The summed E-state index contributed by atoms with van der Waals surface area (Å²) in [5.74, 6) is -0.432. The van der Waals surface area contributed by atoms with E-state index in [1.165, 1.54) is 11.8 Å². The summed E-state index contributed by atoms with van der Waals surface area (Å²) < 4.78 is 6.51. The van der Waals surface area contributed by atoms with Crippen LogP contribution in [0, 0.1) is 0 Å². The van der Waals surface area contributed by atoms with Crippen LogP contribution in [0.2, 0.25) is 0 Å². The number of hydrogen-bond donors (Lipinski definition) is 3. The first-order chi connectivity index (χ1) is 20.3. The monoisotopic (exact) mass is 643 g/mol. The normalized spacial score (nSPS) is 11.7. The van der Waals surface area contributed by atoms with Crippen LogP contribution in [0.1, 0.15) is 29.8 Å². The van der Waals surface area contributed by atoms with Gasteiger partial charge in [0.2, 0.25) is 5.91 Å². The van der Waals surface area contributed by atoms with E-state index in [2.05, 4.69) is 31.9 Å². The van der Waals surface area contributed by atoms with E-state index in [4.69, 9.17) is 4.74 Å². The first-order valence-electron chi connectivity index (χ1n) is 13.3. The van der Waals surface area contributed by atoms with Crippen molar-refractivity contribution in [3.63, 3.8) is 0 Å². The summed E-state index contributed by atoms with van der Waals surface area (Å²) in [7, 11) is 0. The molecule has 0 aliphatic heterocycles.